The number of ketones is 1. The molecule has 0 atom stereocenters. The zero-order valence-corrected chi connectivity index (χ0v) is 10.4. The molecule has 0 aliphatic carbocycles. The number of hydrogen-bond acceptors (Lipinski definition) is 1. The minimum atomic E-state index is 0.0766. The van der Waals surface area contributed by atoms with E-state index in [1.807, 2.05) is 49.4 Å². The maximum absolute atomic E-state index is 11.7. The van der Waals surface area contributed by atoms with Gasteiger partial charge in [0.1, 0.15) is 0 Å². The Morgan fingerprint density at radius 2 is 1.76 bits per heavy atom. The molecule has 0 saturated carbocycles. The molecule has 86 valence electrons. The van der Waals surface area contributed by atoms with Crippen molar-refractivity contribution in [2.24, 2.45) is 0 Å². The van der Waals surface area contributed by atoms with Crippen molar-refractivity contribution in [2.45, 2.75) is 13.3 Å². The van der Waals surface area contributed by atoms with E-state index in [0.29, 0.717) is 17.0 Å². The molecule has 0 N–H and O–H groups in total. The Balaban J connectivity index is 2.48. The van der Waals surface area contributed by atoms with Gasteiger partial charge >= 0.3 is 0 Å². The van der Waals surface area contributed by atoms with Crippen LogP contribution in [0, 0.1) is 0 Å². The molecule has 2 heteroatoms. The highest BCUT2D eigenvalue weighted by molar-refractivity contribution is 6.34. The first kappa shape index (κ1) is 11.9. The third-order valence-electron chi connectivity index (χ3n) is 2.70. The fourth-order valence-corrected chi connectivity index (χ4v) is 1.96. The van der Waals surface area contributed by atoms with Gasteiger partial charge in [0.15, 0.2) is 5.78 Å². The maximum Gasteiger partial charge on any atom is 0.164 e. The molecular weight excluding hydrogens is 232 g/mol. The normalized spacial score (nSPS) is 10.2. The standard InChI is InChI=1S/C15H13ClO/c1-2-15(17)13-10-12(8-9-14(13)16)11-6-4-3-5-7-11/h3-10H,2H2,1H3. The van der Waals surface area contributed by atoms with Gasteiger partial charge in [-0.1, -0.05) is 54.9 Å². The molecule has 1 nitrogen and oxygen atoms in total. The molecule has 0 unspecified atom stereocenters. The number of benzene rings is 2. The molecule has 0 fully saturated rings. The second-order valence-corrected chi connectivity index (χ2v) is 4.24. The summed E-state index contributed by atoms with van der Waals surface area (Å²) in [6, 6.07) is 15.5. The van der Waals surface area contributed by atoms with Crippen LogP contribution in [-0.4, -0.2) is 5.78 Å². The highest BCUT2D eigenvalue weighted by atomic mass is 35.5. The van der Waals surface area contributed by atoms with Crippen LogP contribution in [0.3, 0.4) is 0 Å². The Morgan fingerprint density at radius 1 is 1.06 bits per heavy atom. The smallest absolute Gasteiger partial charge is 0.164 e. The lowest BCUT2D eigenvalue weighted by Gasteiger charge is -2.06. The Labute approximate surface area is 106 Å². The molecule has 0 amide bonds. The fraction of sp³-hybridized carbons (Fsp3) is 0.133. The zero-order chi connectivity index (χ0) is 12.3. The fourth-order valence-electron chi connectivity index (χ4n) is 1.74. The van der Waals surface area contributed by atoms with E-state index in [4.69, 9.17) is 11.6 Å². The van der Waals surface area contributed by atoms with Crippen molar-refractivity contribution < 1.29 is 4.79 Å². The summed E-state index contributed by atoms with van der Waals surface area (Å²) in [4.78, 5) is 11.7. The van der Waals surface area contributed by atoms with Crippen LogP contribution in [0.5, 0.6) is 0 Å². The lowest BCUT2D eigenvalue weighted by Crippen LogP contribution is -1.97. The third kappa shape index (κ3) is 2.56. The van der Waals surface area contributed by atoms with Crippen LogP contribution in [0.25, 0.3) is 11.1 Å². The molecule has 0 bridgehead atoms. The zero-order valence-electron chi connectivity index (χ0n) is 9.61. The average Bonchev–Trinajstić information content (AvgIpc) is 2.39. The predicted octanol–water partition coefficient (Wildman–Crippen LogP) is 4.60. The number of rotatable bonds is 3. The minimum Gasteiger partial charge on any atom is -0.294 e. The van der Waals surface area contributed by atoms with Crippen LogP contribution >= 0.6 is 11.6 Å². The van der Waals surface area contributed by atoms with Crippen LogP contribution < -0.4 is 0 Å². The molecule has 2 aromatic carbocycles. The highest BCUT2D eigenvalue weighted by Gasteiger charge is 2.09. The monoisotopic (exact) mass is 244 g/mol. The van der Waals surface area contributed by atoms with Crippen molar-refractivity contribution in [3.8, 4) is 11.1 Å². The summed E-state index contributed by atoms with van der Waals surface area (Å²) >= 11 is 6.04. The van der Waals surface area contributed by atoms with E-state index in [1.54, 1.807) is 6.07 Å². The van der Waals surface area contributed by atoms with Crippen molar-refractivity contribution in [2.75, 3.05) is 0 Å². The molecule has 2 rings (SSSR count). The van der Waals surface area contributed by atoms with Crippen molar-refractivity contribution in [3.63, 3.8) is 0 Å². The van der Waals surface area contributed by atoms with Gasteiger partial charge in [0.2, 0.25) is 0 Å². The first-order chi connectivity index (χ1) is 8.22. The molecule has 0 aromatic heterocycles. The number of halogens is 1. The van der Waals surface area contributed by atoms with E-state index in [9.17, 15) is 4.79 Å². The number of hydrogen-bond donors (Lipinski definition) is 0. The summed E-state index contributed by atoms with van der Waals surface area (Å²) in [7, 11) is 0. The van der Waals surface area contributed by atoms with Crippen LogP contribution in [0.1, 0.15) is 23.7 Å². The molecule has 2 aromatic rings. The first-order valence-corrected chi connectivity index (χ1v) is 5.98. The van der Waals surface area contributed by atoms with E-state index in [2.05, 4.69) is 0 Å². The summed E-state index contributed by atoms with van der Waals surface area (Å²) in [6.45, 7) is 1.84. The molecule has 0 radical (unpaired) electrons. The van der Waals surface area contributed by atoms with E-state index in [1.165, 1.54) is 0 Å². The van der Waals surface area contributed by atoms with Gasteiger partial charge in [-0.3, -0.25) is 4.79 Å². The Hall–Kier alpha value is -1.60. The van der Waals surface area contributed by atoms with Crippen molar-refractivity contribution >= 4 is 17.4 Å². The second kappa shape index (κ2) is 5.15. The summed E-state index contributed by atoms with van der Waals surface area (Å²) in [5.41, 5.74) is 2.72. The third-order valence-corrected chi connectivity index (χ3v) is 3.02. The van der Waals surface area contributed by atoms with E-state index in [-0.39, 0.29) is 5.78 Å². The van der Waals surface area contributed by atoms with Crippen LogP contribution in [-0.2, 0) is 0 Å². The lowest BCUT2D eigenvalue weighted by molar-refractivity contribution is 0.0988. The lowest BCUT2D eigenvalue weighted by atomic mass is 10.0. The second-order valence-electron chi connectivity index (χ2n) is 3.84. The largest absolute Gasteiger partial charge is 0.294 e. The molecular formula is C15H13ClO. The van der Waals surface area contributed by atoms with Gasteiger partial charge in [-0.2, -0.15) is 0 Å². The highest BCUT2D eigenvalue weighted by Crippen LogP contribution is 2.25. The van der Waals surface area contributed by atoms with Gasteiger partial charge in [-0.05, 0) is 23.3 Å². The Kier molecular flexibility index (Phi) is 3.60. The molecule has 0 spiro atoms. The predicted molar refractivity (Wildman–Crippen MR) is 71.5 cm³/mol. The number of carbonyl (C=O) groups excluding carboxylic acids is 1. The molecule has 17 heavy (non-hydrogen) atoms. The van der Waals surface area contributed by atoms with Gasteiger partial charge in [-0.25, -0.2) is 0 Å². The van der Waals surface area contributed by atoms with Crippen molar-refractivity contribution in [1.82, 2.24) is 0 Å². The van der Waals surface area contributed by atoms with E-state index in [0.717, 1.165) is 11.1 Å². The Morgan fingerprint density at radius 3 is 2.41 bits per heavy atom. The van der Waals surface area contributed by atoms with E-state index >= 15 is 0 Å². The molecule has 0 heterocycles. The maximum atomic E-state index is 11.7. The summed E-state index contributed by atoms with van der Waals surface area (Å²) in [5.74, 6) is 0.0766. The van der Waals surface area contributed by atoms with Crippen LogP contribution in [0.15, 0.2) is 48.5 Å². The summed E-state index contributed by atoms with van der Waals surface area (Å²) in [6.07, 6.45) is 0.470. The van der Waals surface area contributed by atoms with Crippen molar-refractivity contribution in [1.29, 1.82) is 0 Å². The summed E-state index contributed by atoms with van der Waals surface area (Å²) in [5, 5.41) is 0.525. The number of carbonyl (C=O) groups is 1. The van der Waals surface area contributed by atoms with Crippen LogP contribution in [0.2, 0.25) is 5.02 Å². The van der Waals surface area contributed by atoms with Crippen LogP contribution in [0.4, 0.5) is 0 Å². The minimum absolute atomic E-state index is 0.0766. The van der Waals surface area contributed by atoms with Gasteiger partial charge in [0.05, 0.1) is 5.02 Å². The first-order valence-electron chi connectivity index (χ1n) is 5.60. The Bertz CT molecular complexity index is 532. The summed E-state index contributed by atoms with van der Waals surface area (Å²) < 4.78 is 0. The molecule has 0 aliphatic rings. The van der Waals surface area contributed by atoms with E-state index < -0.39 is 0 Å². The van der Waals surface area contributed by atoms with Gasteiger partial charge < -0.3 is 0 Å². The van der Waals surface area contributed by atoms with Gasteiger partial charge in [0, 0.05) is 12.0 Å². The van der Waals surface area contributed by atoms with Gasteiger partial charge in [0.25, 0.3) is 0 Å². The average molecular weight is 245 g/mol. The quantitative estimate of drug-likeness (QED) is 0.721. The molecule has 0 aliphatic heterocycles. The SMILES string of the molecule is CCC(=O)c1cc(-c2ccccc2)ccc1Cl. The van der Waals surface area contributed by atoms with Crippen molar-refractivity contribution in [3.05, 3.63) is 59.1 Å². The molecule has 0 saturated heterocycles. The van der Waals surface area contributed by atoms with Gasteiger partial charge in [-0.15, -0.1) is 0 Å². The number of Topliss-reactive ketones (excluding diaryl/α,β-unsaturated/α-hetero) is 1. The topological polar surface area (TPSA) is 17.1 Å².